The van der Waals surface area contributed by atoms with Crippen molar-refractivity contribution in [3.63, 3.8) is 0 Å². The van der Waals surface area contributed by atoms with Crippen molar-refractivity contribution in [2.75, 3.05) is 9.80 Å². The molecule has 2 aliphatic carbocycles. The number of benzene rings is 9. The molecule has 2 heterocycles. The average Bonchev–Trinajstić information content (AvgIpc) is 4.00. The van der Waals surface area contributed by atoms with E-state index >= 15 is 0 Å². The first-order valence-electron chi connectivity index (χ1n) is 23.4. The van der Waals surface area contributed by atoms with Gasteiger partial charge in [0.25, 0.3) is 0 Å². The largest absolute Gasteiger partial charge is 0.333 e. The topological polar surface area (TPSA) is 11.4 Å². The minimum Gasteiger partial charge on any atom is -0.333 e. The Morgan fingerprint density at radius 1 is 0.433 bits per heavy atom. The van der Waals surface area contributed by atoms with Crippen LogP contribution in [-0.2, 0) is 5.41 Å². The molecule has 0 bridgehead atoms. The third-order valence-electron chi connectivity index (χ3n) is 14.2. The third kappa shape index (κ3) is 6.47. The second-order valence-corrected chi connectivity index (χ2v) is 19.6. The maximum atomic E-state index is 2.53. The van der Waals surface area contributed by atoms with E-state index in [4.69, 9.17) is 0 Å². The first kappa shape index (κ1) is 39.4. The Kier molecular flexibility index (Phi) is 9.19. The van der Waals surface area contributed by atoms with Crippen molar-refractivity contribution in [3.05, 3.63) is 242 Å². The summed E-state index contributed by atoms with van der Waals surface area (Å²) in [6.07, 6.45) is 9.94. The normalized spacial score (nSPS) is 14.8. The van der Waals surface area contributed by atoms with Gasteiger partial charge in [-0.3, -0.25) is 0 Å². The molecule has 0 saturated heterocycles. The summed E-state index contributed by atoms with van der Waals surface area (Å²) in [6.45, 7) is 4.74. The van der Waals surface area contributed by atoms with E-state index in [1.807, 2.05) is 11.3 Å². The summed E-state index contributed by atoms with van der Waals surface area (Å²) in [5.74, 6) is 0. The molecule has 3 nitrogen and oxygen atoms in total. The molecule has 13 rings (SSSR count). The standard InChI is InChI=1S/C63H47N3S/c1-63(2)57-27-15-12-24-51(57)52-33-31-48(41-58(52)63)65(45-20-8-4-9-21-45)50-37-43(42-30-34-60-55(38-42)53-25-13-16-28-59(53)66(60)46-22-10-5-11-23-46)36-49(39-50)64(44-18-6-3-7-19-44)47-32-35-62-56(40-47)54-26-14-17-29-61(54)67-62/h3-22,24-41,46H,23H2,1-2H3. The van der Waals surface area contributed by atoms with E-state index in [1.165, 1.54) is 69.8 Å². The van der Waals surface area contributed by atoms with Crippen molar-refractivity contribution in [1.29, 1.82) is 0 Å². The van der Waals surface area contributed by atoms with Crippen molar-refractivity contribution in [2.45, 2.75) is 31.7 Å². The monoisotopic (exact) mass is 877 g/mol. The number of para-hydroxylation sites is 3. The fraction of sp³-hybridized carbons (Fsp3) is 0.0794. The van der Waals surface area contributed by atoms with E-state index in [2.05, 4.69) is 259 Å². The summed E-state index contributed by atoms with van der Waals surface area (Å²) >= 11 is 1.86. The van der Waals surface area contributed by atoms with Crippen LogP contribution >= 0.6 is 11.3 Å². The predicted molar refractivity (Wildman–Crippen MR) is 287 cm³/mol. The van der Waals surface area contributed by atoms with Crippen LogP contribution in [0.5, 0.6) is 0 Å². The van der Waals surface area contributed by atoms with E-state index in [9.17, 15) is 0 Å². The lowest BCUT2D eigenvalue weighted by Crippen LogP contribution is -2.17. The van der Waals surface area contributed by atoms with Crippen LogP contribution in [0.25, 0.3) is 64.2 Å². The Bertz CT molecular complexity index is 3780. The molecule has 0 fully saturated rings. The smallest absolute Gasteiger partial charge is 0.0560 e. The molecule has 0 spiro atoms. The Hall–Kier alpha value is -7.92. The number of nitrogens with zero attached hydrogens (tertiary/aromatic N) is 3. The van der Waals surface area contributed by atoms with Gasteiger partial charge in [0, 0.05) is 81.5 Å². The Morgan fingerprint density at radius 3 is 1.82 bits per heavy atom. The molecule has 1 atom stereocenters. The summed E-state index contributed by atoms with van der Waals surface area (Å²) in [6, 6.07) is 77.0. The number of rotatable bonds is 8. The molecule has 67 heavy (non-hydrogen) atoms. The highest BCUT2D eigenvalue weighted by Gasteiger charge is 2.36. The van der Waals surface area contributed by atoms with E-state index in [0.717, 1.165) is 46.1 Å². The molecule has 0 radical (unpaired) electrons. The lowest BCUT2D eigenvalue weighted by Gasteiger charge is -2.31. The van der Waals surface area contributed by atoms with E-state index < -0.39 is 0 Å². The number of aromatic nitrogens is 1. The van der Waals surface area contributed by atoms with Crippen LogP contribution in [-0.4, -0.2) is 4.57 Å². The van der Waals surface area contributed by atoms with Gasteiger partial charge in [-0.15, -0.1) is 11.3 Å². The Balaban J connectivity index is 1.06. The van der Waals surface area contributed by atoms with Crippen LogP contribution in [0, 0.1) is 0 Å². The summed E-state index contributed by atoms with van der Waals surface area (Å²) in [4.78, 5) is 4.90. The minimum atomic E-state index is -0.149. The van der Waals surface area contributed by atoms with Gasteiger partial charge in [0.15, 0.2) is 0 Å². The predicted octanol–water partition coefficient (Wildman–Crippen LogP) is 18.1. The van der Waals surface area contributed by atoms with Crippen LogP contribution in [0.2, 0.25) is 0 Å². The number of allylic oxidation sites excluding steroid dienone is 4. The summed E-state index contributed by atoms with van der Waals surface area (Å²) in [5.41, 5.74) is 16.6. The van der Waals surface area contributed by atoms with Gasteiger partial charge in [0.2, 0.25) is 0 Å². The second kappa shape index (κ2) is 15.6. The molecule has 0 N–H and O–H groups in total. The van der Waals surface area contributed by atoms with E-state index in [0.29, 0.717) is 0 Å². The second-order valence-electron chi connectivity index (χ2n) is 18.5. The first-order chi connectivity index (χ1) is 33.0. The summed E-state index contributed by atoms with van der Waals surface area (Å²) < 4.78 is 5.12. The van der Waals surface area contributed by atoms with Gasteiger partial charge in [0.1, 0.15) is 0 Å². The molecule has 320 valence electrons. The van der Waals surface area contributed by atoms with Gasteiger partial charge in [-0.2, -0.15) is 0 Å². The third-order valence-corrected chi connectivity index (χ3v) is 15.4. The molecule has 0 aliphatic heterocycles. The van der Waals surface area contributed by atoms with Crippen LogP contribution in [0.4, 0.5) is 34.1 Å². The van der Waals surface area contributed by atoms with Crippen LogP contribution in [0.3, 0.4) is 0 Å². The zero-order valence-electron chi connectivity index (χ0n) is 37.5. The summed E-state index contributed by atoms with van der Waals surface area (Å²) in [5, 5.41) is 5.09. The van der Waals surface area contributed by atoms with Crippen LogP contribution in [0.15, 0.2) is 231 Å². The zero-order valence-corrected chi connectivity index (χ0v) is 38.3. The first-order valence-corrected chi connectivity index (χ1v) is 24.2. The number of hydrogen-bond donors (Lipinski definition) is 0. The van der Waals surface area contributed by atoms with Crippen molar-refractivity contribution >= 4 is 87.4 Å². The Morgan fingerprint density at radius 2 is 1.06 bits per heavy atom. The molecule has 0 saturated carbocycles. The van der Waals surface area contributed by atoms with Crippen molar-refractivity contribution in [2.24, 2.45) is 0 Å². The molecule has 1 unspecified atom stereocenters. The van der Waals surface area contributed by atoms with Gasteiger partial charge in [0.05, 0.1) is 6.04 Å². The summed E-state index contributed by atoms with van der Waals surface area (Å²) in [7, 11) is 0. The van der Waals surface area contributed by atoms with Gasteiger partial charge >= 0.3 is 0 Å². The molecule has 2 aromatic heterocycles. The highest BCUT2D eigenvalue weighted by Crippen LogP contribution is 2.52. The minimum absolute atomic E-state index is 0.149. The van der Waals surface area contributed by atoms with Crippen molar-refractivity contribution in [3.8, 4) is 22.3 Å². The fourth-order valence-electron chi connectivity index (χ4n) is 11.1. The fourth-order valence-corrected chi connectivity index (χ4v) is 12.1. The maximum absolute atomic E-state index is 2.53. The van der Waals surface area contributed by atoms with E-state index in [-0.39, 0.29) is 11.5 Å². The lowest BCUT2D eigenvalue weighted by atomic mass is 9.82. The molecule has 11 aromatic rings. The molecule has 0 amide bonds. The Labute approximate surface area is 395 Å². The number of fused-ring (bicyclic) bond motifs is 9. The van der Waals surface area contributed by atoms with E-state index in [1.54, 1.807) is 0 Å². The van der Waals surface area contributed by atoms with Crippen LogP contribution in [0.1, 0.15) is 37.4 Å². The molecule has 9 aromatic carbocycles. The molecular formula is C63H47N3S. The highest BCUT2D eigenvalue weighted by atomic mass is 32.1. The number of hydrogen-bond acceptors (Lipinski definition) is 3. The van der Waals surface area contributed by atoms with Crippen LogP contribution < -0.4 is 9.80 Å². The van der Waals surface area contributed by atoms with Gasteiger partial charge in [-0.1, -0.05) is 147 Å². The quantitative estimate of drug-likeness (QED) is 0.151. The van der Waals surface area contributed by atoms with Crippen molar-refractivity contribution in [1.82, 2.24) is 4.57 Å². The molecule has 2 aliphatic rings. The van der Waals surface area contributed by atoms with Gasteiger partial charge in [-0.05, 0) is 137 Å². The van der Waals surface area contributed by atoms with Gasteiger partial charge < -0.3 is 14.4 Å². The maximum Gasteiger partial charge on any atom is 0.0560 e. The number of thiophene rings is 1. The average molecular weight is 878 g/mol. The van der Waals surface area contributed by atoms with Gasteiger partial charge in [-0.25, -0.2) is 0 Å². The zero-order chi connectivity index (χ0) is 44.6. The number of anilines is 6. The highest BCUT2D eigenvalue weighted by molar-refractivity contribution is 7.25. The molecule has 4 heteroatoms. The lowest BCUT2D eigenvalue weighted by molar-refractivity contribution is 0.648. The SMILES string of the molecule is CC1(C)c2ccccc2-c2ccc(N(c3ccccc3)c3cc(-c4ccc5c(c4)c4ccccc4n5C4C=CC=CC4)cc(N(c4ccccc4)c4ccc5sc6ccccc6c5c4)c3)cc21. The molecular weight excluding hydrogens is 831 g/mol. The van der Waals surface area contributed by atoms with Crippen molar-refractivity contribution < 1.29 is 0 Å².